The van der Waals surface area contributed by atoms with Gasteiger partial charge in [0.2, 0.25) is 0 Å². The summed E-state index contributed by atoms with van der Waals surface area (Å²) in [6.45, 7) is 11.7. The maximum absolute atomic E-state index is 6.81. The third-order valence-electron chi connectivity index (χ3n) is 5.46. The smallest absolute Gasteiger partial charge is 0.122 e. The number of unbranched alkanes of at least 4 members (excludes halogenated alkanes) is 1. The van der Waals surface area contributed by atoms with Gasteiger partial charge in [-0.3, -0.25) is 0 Å². The molecular formula is C22H34ClNO. The van der Waals surface area contributed by atoms with Crippen LogP contribution >= 0.6 is 11.6 Å². The molecule has 0 amide bonds. The van der Waals surface area contributed by atoms with Crippen molar-refractivity contribution in [2.75, 3.05) is 19.7 Å². The van der Waals surface area contributed by atoms with E-state index in [0.717, 1.165) is 62.6 Å². The minimum absolute atomic E-state index is 0.0361. The Morgan fingerprint density at radius 3 is 2.52 bits per heavy atom. The molecule has 0 atom stereocenters. The molecule has 140 valence electrons. The number of rotatable bonds is 8. The molecule has 0 saturated carbocycles. The molecular weight excluding hydrogens is 330 g/mol. The molecule has 2 rings (SSSR count). The van der Waals surface area contributed by atoms with E-state index in [2.05, 4.69) is 45.2 Å². The maximum Gasteiger partial charge on any atom is 0.122 e. The fraction of sp³-hybridized carbons (Fsp3) is 0.636. The van der Waals surface area contributed by atoms with Crippen molar-refractivity contribution >= 4 is 11.6 Å². The Kier molecular flexibility index (Phi) is 7.83. The minimum Gasteiger partial charge on any atom is -0.493 e. The second-order valence-electron chi connectivity index (χ2n) is 7.11. The first kappa shape index (κ1) is 20.3. The molecule has 1 fully saturated rings. The fourth-order valence-corrected chi connectivity index (χ4v) is 4.42. The number of nitrogens with one attached hydrogen (secondary N) is 1. The number of hydrogen-bond donors (Lipinski definition) is 1. The van der Waals surface area contributed by atoms with Gasteiger partial charge in [0.1, 0.15) is 5.75 Å². The molecule has 0 bridgehead atoms. The van der Waals surface area contributed by atoms with Crippen LogP contribution in [0, 0.1) is 0 Å². The van der Waals surface area contributed by atoms with Crippen molar-refractivity contribution in [2.24, 2.45) is 0 Å². The molecule has 1 saturated heterocycles. The lowest BCUT2D eigenvalue weighted by molar-refractivity contribution is 0.309. The van der Waals surface area contributed by atoms with Gasteiger partial charge in [-0.05, 0) is 75.4 Å². The predicted molar refractivity (Wildman–Crippen MR) is 109 cm³/mol. The van der Waals surface area contributed by atoms with Crippen LogP contribution in [-0.2, 0) is 11.8 Å². The van der Waals surface area contributed by atoms with Crippen LogP contribution in [0.4, 0.5) is 0 Å². The van der Waals surface area contributed by atoms with Gasteiger partial charge in [-0.15, -0.1) is 0 Å². The summed E-state index contributed by atoms with van der Waals surface area (Å²) in [6.07, 6.45) is 8.91. The maximum atomic E-state index is 6.81. The van der Waals surface area contributed by atoms with E-state index in [1.807, 2.05) is 6.07 Å². The molecule has 25 heavy (non-hydrogen) atoms. The van der Waals surface area contributed by atoms with Gasteiger partial charge >= 0.3 is 0 Å². The molecule has 2 nitrogen and oxygen atoms in total. The molecule has 1 aromatic rings. The number of benzene rings is 1. The van der Waals surface area contributed by atoms with Gasteiger partial charge in [0, 0.05) is 10.4 Å². The lowest BCUT2D eigenvalue weighted by atomic mass is 9.66. The summed E-state index contributed by atoms with van der Waals surface area (Å²) in [6, 6.07) is 4.10. The lowest BCUT2D eigenvalue weighted by Gasteiger charge is -2.41. The van der Waals surface area contributed by atoms with E-state index in [4.69, 9.17) is 16.3 Å². The van der Waals surface area contributed by atoms with Crippen LogP contribution in [0.25, 0.3) is 0 Å². The monoisotopic (exact) mass is 363 g/mol. The lowest BCUT2D eigenvalue weighted by Crippen LogP contribution is -2.41. The number of hydrogen-bond acceptors (Lipinski definition) is 2. The molecule has 1 aliphatic rings. The summed E-state index contributed by atoms with van der Waals surface area (Å²) in [5.41, 5.74) is 4.12. The SMILES string of the molecule is CCC/C=C(\C)C1(c2c(Cl)ccc(OCCC)c2CC)CCNCC1. The molecule has 1 N–H and O–H groups in total. The van der Waals surface area contributed by atoms with Crippen LogP contribution in [-0.4, -0.2) is 19.7 Å². The highest BCUT2D eigenvalue weighted by Gasteiger charge is 2.39. The Morgan fingerprint density at radius 1 is 1.20 bits per heavy atom. The average Bonchev–Trinajstić information content (AvgIpc) is 2.65. The predicted octanol–water partition coefficient (Wildman–Crippen LogP) is 6.06. The first-order valence-corrected chi connectivity index (χ1v) is 10.3. The second-order valence-corrected chi connectivity index (χ2v) is 7.52. The van der Waals surface area contributed by atoms with Crippen LogP contribution in [0.3, 0.4) is 0 Å². The van der Waals surface area contributed by atoms with Crippen molar-refractivity contribution in [2.45, 2.75) is 71.6 Å². The highest BCUT2D eigenvalue weighted by molar-refractivity contribution is 6.31. The van der Waals surface area contributed by atoms with Crippen LogP contribution in [0.2, 0.25) is 5.02 Å². The van der Waals surface area contributed by atoms with E-state index in [9.17, 15) is 0 Å². The Balaban J connectivity index is 2.59. The van der Waals surface area contributed by atoms with E-state index in [1.54, 1.807) is 0 Å². The molecule has 1 aliphatic heterocycles. The number of halogens is 1. The zero-order valence-electron chi connectivity index (χ0n) is 16.4. The summed E-state index contributed by atoms with van der Waals surface area (Å²) in [4.78, 5) is 0. The van der Waals surface area contributed by atoms with Gasteiger partial charge in [-0.2, -0.15) is 0 Å². The number of piperidine rings is 1. The van der Waals surface area contributed by atoms with E-state index in [0.29, 0.717) is 0 Å². The van der Waals surface area contributed by atoms with Gasteiger partial charge < -0.3 is 10.1 Å². The number of allylic oxidation sites excluding steroid dienone is 2. The molecule has 0 aromatic heterocycles. The van der Waals surface area contributed by atoms with E-state index >= 15 is 0 Å². The minimum atomic E-state index is 0.0361. The summed E-state index contributed by atoms with van der Waals surface area (Å²) >= 11 is 6.81. The second kappa shape index (κ2) is 9.64. The summed E-state index contributed by atoms with van der Waals surface area (Å²) in [5, 5.41) is 4.42. The van der Waals surface area contributed by atoms with Crippen molar-refractivity contribution in [3.63, 3.8) is 0 Å². The zero-order valence-corrected chi connectivity index (χ0v) is 17.1. The topological polar surface area (TPSA) is 21.3 Å². The Morgan fingerprint density at radius 2 is 1.92 bits per heavy atom. The molecule has 0 radical (unpaired) electrons. The Hall–Kier alpha value is -0.990. The summed E-state index contributed by atoms with van der Waals surface area (Å²) < 4.78 is 6.08. The first-order valence-electron chi connectivity index (χ1n) is 9.93. The normalized spacial score (nSPS) is 17.6. The molecule has 0 aliphatic carbocycles. The van der Waals surface area contributed by atoms with Gasteiger partial charge in [0.05, 0.1) is 6.61 Å². The Bertz CT molecular complexity index is 588. The summed E-state index contributed by atoms with van der Waals surface area (Å²) in [7, 11) is 0. The van der Waals surface area contributed by atoms with Crippen molar-refractivity contribution in [1.82, 2.24) is 5.32 Å². The van der Waals surface area contributed by atoms with Gasteiger partial charge in [0.15, 0.2) is 0 Å². The Labute approximate surface area is 159 Å². The van der Waals surface area contributed by atoms with Gasteiger partial charge in [-0.25, -0.2) is 0 Å². The van der Waals surface area contributed by atoms with Crippen molar-refractivity contribution < 1.29 is 4.74 Å². The van der Waals surface area contributed by atoms with Crippen LogP contribution in [0.5, 0.6) is 5.75 Å². The largest absolute Gasteiger partial charge is 0.493 e. The van der Waals surface area contributed by atoms with Gasteiger partial charge in [-0.1, -0.05) is 50.4 Å². The van der Waals surface area contributed by atoms with Crippen molar-refractivity contribution in [1.29, 1.82) is 0 Å². The number of ether oxygens (including phenoxy) is 1. The van der Waals surface area contributed by atoms with Gasteiger partial charge in [0.25, 0.3) is 0 Å². The standard InChI is InChI=1S/C22H34ClNO/c1-5-8-9-17(4)22(12-14-24-15-13-22)21-18(7-3)20(25-16-6-2)11-10-19(21)23/h9-11,24H,5-8,12-16H2,1-4H3/b17-9+. The zero-order chi connectivity index (χ0) is 18.3. The summed E-state index contributed by atoms with van der Waals surface area (Å²) in [5.74, 6) is 1.02. The molecule has 1 aromatic carbocycles. The van der Waals surface area contributed by atoms with E-state index < -0.39 is 0 Å². The third kappa shape index (κ3) is 4.41. The third-order valence-corrected chi connectivity index (χ3v) is 5.78. The van der Waals surface area contributed by atoms with E-state index in [-0.39, 0.29) is 5.41 Å². The van der Waals surface area contributed by atoms with Crippen LogP contribution < -0.4 is 10.1 Å². The van der Waals surface area contributed by atoms with Crippen molar-refractivity contribution in [3.05, 3.63) is 39.9 Å². The van der Waals surface area contributed by atoms with Crippen LogP contribution in [0.15, 0.2) is 23.8 Å². The van der Waals surface area contributed by atoms with Crippen molar-refractivity contribution in [3.8, 4) is 5.75 Å². The molecule has 0 spiro atoms. The first-order chi connectivity index (χ1) is 12.1. The quantitative estimate of drug-likeness (QED) is 0.567. The highest BCUT2D eigenvalue weighted by Crippen LogP contribution is 2.47. The fourth-order valence-electron chi connectivity index (χ4n) is 4.07. The highest BCUT2D eigenvalue weighted by atomic mass is 35.5. The molecule has 0 unspecified atom stereocenters. The average molecular weight is 364 g/mol. The molecule has 1 heterocycles. The van der Waals surface area contributed by atoms with Crippen LogP contribution in [0.1, 0.15) is 70.9 Å². The van der Waals surface area contributed by atoms with E-state index in [1.165, 1.54) is 23.1 Å². The molecule has 3 heteroatoms.